The molecule has 1 aliphatic heterocycles. The molecule has 2 aromatic rings. The zero-order valence-electron chi connectivity index (χ0n) is 13.6. The van der Waals surface area contributed by atoms with Crippen LogP contribution >= 0.6 is 15.9 Å². The number of hydrogen-bond acceptors (Lipinski definition) is 4. The van der Waals surface area contributed by atoms with Crippen molar-refractivity contribution < 1.29 is 14.3 Å². The van der Waals surface area contributed by atoms with E-state index in [4.69, 9.17) is 9.47 Å². The van der Waals surface area contributed by atoms with Crippen molar-refractivity contribution in [3.63, 3.8) is 0 Å². The SMILES string of the molecule is COc1cc2c(cc1OC)C(=CC(=O)c1ccc(Br)cc1)NCC2. The van der Waals surface area contributed by atoms with Gasteiger partial charge in [-0.3, -0.25) is 4.79 Å². The molecule has 0 aromatic heterocycles. The molecule has 0 unspecified atom stereocenters. The van der Waals surface area contributed by atoms with Gasteiger partial charge in [-0.25, -0.2) is 0 Å². The van der Waals surface area contributed by atoms with E-state index in [0.717, 1.165) is 34.3 Å². The third-order valence-corrected chi connectivity index (χ3v) is 4.54. The Morgan fingerprint density at radius 1 is 1.12 bits per heavy atom. The molecule has 0 saturated heterocycles. The molecule has 0 aliphatic carbocycles. The topological polar surface area (TPSA) is 47.6 Å². The first-order valence-electron chi connectivity index (χ1n) is 7.63. The molecule has 24 heavy (non-hydrogen) atoms. The van der Waals surface area contributed by atoms with Crippen LogP contribution < -0.4 is 14.8 Å². The number of methoxy groups -OCH3 is 2. The predicted molar refractivity (Wildman–Crippen MR) is 97.7 cm³/mol. The second-order valence-corrected chi connectivity index (χ2v) is 6.39. The van der Waals surface area contributed by atoms with Gasteiger partial charge in [-0.1, -0.05) is 15.9 Å². The van der Waals surface area contributed by atoms with Crippen LogP contribution in [0.1, 0.15) is 21.5 Å². The quantitative estimate of drug-likeness (QED) is 0.639. The Hall–Kier alpha value is -2.27. The molecule has 0 radical (unpaired) electrons. The third kappa shape index (κ3) is 3.31. The molecule has 5 heteroatoms. The molecular formula is C19H18BrNO3. The van der Waals surface area contributed by atoms with E-state index in [1.54, 1.807) is 20.3 Å². The van der Waals surface area contributed by atoms with E-state index in [9.17, 15) is 4.79 Å². The van der Waals surface area contributed by atoms with Gasteiger partial charge in [0.05, 0.1) is 14.2 Å². The van der Waals surface area contributed by atoms with E-state index in [1.807, 2.05) is 36.4 Å². The predicted octanol–water partition coefficient (Wildman–Crippen LogP) is 3.84. The first kappa shape index (κ1) is 16.6. The van der Waals surface area contributed by atoms with Gasteiger partial charge in [0.1, 0.15) is 0 Å². The Kier molecular flexibility index (Phi) is 4.90. The van der Waals surface area contributed by atoms with Crippen LogP contribution in [0, 0.1) is 0 Å². The summed E-state index contributed by atoms with van der Waals surface area (Å²) in [6.07, 6.45) is 2.52. The zero-order valence-corrected chi connectivity index (χ0v) is 15.1. The van der Waals surface area contributed by atoms with E-state index >= 15 is 0 Å². The number of carbonyl (C=O) groups is 1. The first-order valence-corrected chi connectivity index (χ1v) is 8.42. The molecule has 0 fully saturated rings. The molecule has 0 amide bonds. The average Bonchev–Trinajstić information content (AvgIpc) is 2.61. The van der Waals surface area contributed by atoms with Crippen molar-refractivity contribution in [1.82, 2.24) is 5.32 Å². The number of ketones is 1. The summed E-state index contributed by atoms with van der Waals surface area (Å²) >= 11 is 3.38. The van der Waals surface area contributed by atoms with E-state index in [2.05, 4.69) is 21.2 Å². The monoisotopic (exact) mass is 387 g/mol. The number of hydrogen-bond donors (Lipinski definition) is 1. The van der Waals surface area contributed by atoms with Crippen LogP contribution in [-0.2, 0) is 6.42 Å². The highest BCUT2D eigenvalue weighted by Gasteiger charge is 2.19. The third-order valence-electron chi connectivity index (χ3n) is 4.01. The fourth-order valence-corrected chi connectivity index (χ4v) is 3.03. The molecule has 0 spiro atoms. The van der Waals surface area contributed by atoms with Crippen LogP contribution in [0.15, 0.2) is 46.9 Å². The average molecular weight is 388 g/mol. The van der Waals surface area contributed by atoms with Gasteiger partial charge in [0, 0.05) is 33.9 Å². The molecule has 124 valence electrons. The number of allylic oxidation sites excluding steroid dienone is 1. The number of benzene rings is 2. The smallest absolute Gasteiger partial charge is 0.187 e. The van der Waals surface area contributed by atoms with Crippen molar-refractivity contribution in [2.75, 3.05) is 20.8 Å². The van der Waals surface area contributed by atoms with E-state index in [0.29, 0.717) is 17.1 Å². The zero-order chi connectivity index (χ0) is 17.1. The number of halogens is 1. The number of ether oxygens (including phenoxy) is 2. The van der Waals surface area contributed by atoms with Gasteiger partial charge < -0.3 is 14.8 Å². The van der Waals surface area contributed by atoms with Gasteiger partial charge in [-0.15, -0.1) is 0 Å². The Labute approximate surface area is 149 Å². The maximum absolute atomic E-state index is 12.5. The molecule has 0 atom stereocenters. The van der Waals surface area contributed by atoms with E-state index < -0.39 is 0 Å². The summed E-state index contributed by atoms with van der Waals surface area (Å²) < 4.78 is 11.7. The summed E-state index contributed by atoms with van der Waals surface area (Å²) in [6, 6.07) is 11.2. The summed E-state index contributed by atoms with van der Waals surface area (Å²) in [6.45, 7) is 0.780. The summed E-state index contributed by atoms with van der Waals surface area (Å²) in [4.78, 5) is 12.5. The van der Waals surface area contributed by atoms with Crippen LogP contribution in [0.3, 0.4) is 0 Å². The van der Waals surface area contributed by atoms with Gasteiger partial charge >= 0.3 is 0 Å². The van der Waals surface area contributed by atoms with E-state index in [1.165, 1.54) is 0 Å². The van der Waals surface area contributed by atoms with Crippen molar-refractivity contribution >= 4 is 27.4 Å². The van der Waals surface area contributed by atoms with Crippen molar-refractivity contribution in [2.45, 2.75) is 6.42 Å². The van der Waals surface area contributed by atoms with Crippen molar-refractivity contribution in [2.24, 2.45) is 0 Å². The molecule has 1 heterocycles. The van der Waals surface area contributed by atoms with Gasteiger partial charge in [0.2, 0.25) is 0 Å². The maximum atomic E-state index is 12.5. The molecule has 4 nitrogen and oxygen atoms in total. The molecule has 0 saturated carbocycles. The number of rotatable bonds is 4. The number of fused-ring (bicyclic) bond motifs is 1. The van der Waals surface area contributed by atoms with Crippen molar-refractivity contribution in [1.29, 1.82) is 0 Å². The lowest BCUT2D eigenvalue weighted by Gasteiger charge is -2.23. The number of nitrogens with one attached hydrogen (secondary N) is 1. The second-order valence-electron chi connectivity index (χ2n) is 5.47. The Morgan fingerprint density at radius 3 is 2.46 bits per heavy atom. The molecular weight excluding hydrogens is 370 g/mol. The van der Waals surface area contributed by atoms with Crippen LogP contribution in [0.25, 0.3) is 5.70 Å². The minimum Gasteiger partial charge on any atom is -0.493 e. The normalized spacial score (nSPS) is 14.7. The lowest BCUT2D eigenvalue weighted by atomic mass is 9.95. The van der Waals surface area contributed by atoms with Crippen molar-refractivity contribution in [3.8, 4) is 11.5 Å². The molecule has 1 aliphatic rings. The van der Waals surface area contributed by atoms with Gasteiger partial charge in [-0.05, 0) is 48.4 Å². The maximum Gasteiger partial charge on any atom is 0.187 e. The van der Waals surface area contributed by atoms with Crippen molar-refractivity contribution in [3.05, 3.63) is 63.6 Å². The van der Waals surface area contributed by atoms with Gasteiger partial charge in [0.15, 0.2) is 17.3 Å². The van der Waals surface area contributed by atoms with Crippen LogP contribution in [0.2, 0.25) is 0 Å². The molecule has 2 aromatic carbocycles. The number of carbonyl (C=O) groups excluding carboxylic acids is 1. The minimum atomic E-state index is -0.0346. The lowest BCUT2D eigenvalue weighted by Crippen LogP contribution is -2.23. The summed E-state index contributed by atoms with van der Waals surface area (Å²) in [5, 5.41) is 3.31. The second kappa shape index (κ2) is 7.09. The Balaban J connectivity index is 1.99. The fraction of sp³-hybridized carbons (Fsp3) is 0.211. The van der Waals surface area contributed by atoms with Crippen LogP contribution in [0.4, 0.5) is 0 Å². The molecule has 0 bridgehead atoms. The standard InChI is InChI=1S/C19H18BrNO3/c1-23-18-9-13-7-8-21-16(15(13)10-19(18)24-2)11-17(22)12-3-5-14(20)6-4-12/h3-6,9-11,21H,7-8H2,1-2H3. The highest BCUT2D eigenvalue weighted by molar-refractivity contribution is 9.10. The first-order chi connectivity index (χ1) is 11.6. The fourth-order valence-electron chi connectivity index (χ4n) is 2.76. The van der Waals surface area contributed by atoms with Crippen LogP contribution in [0.5, 0.6) is 11.5 Å². The minimum absolute atomic E-state index is 0.0346. The van der Waals surface area contributed by atoms with E-state index in [-0.39, 0.29) is 5.78 Å². The lowest BCUT2D eigenvalue weighted by molar-refractivity contribution is 0.104. The summed E-state index contributed by atoms with van der Waals surface area (Å²) in [5.41, 5.74) is 3.58. The highest BCUT2D eigenvalue weighted by atomic mass is 79.9. The Bertz CT molecular complexity index is 797. The molecule has 3 rings (SSSR count). The highest BCUT2D eigenvalue weighted by Crippen LogP contribution is 2.34. The largest absolute Gasteiger partial charge is 0.493 e. The Morgan fingerprint density at radius 2 is 1.79 bits per heavy atom. The molecule has 1 N–H and O–H groups in total. The summed E-state index contributed by atoms with van der Waals surface area (Å²) in [5.74, 6) is 1.33. The summed E-state index contributed by atoms with van der Waals surface area (Å²) in [7, 11) is 3.23. The van der Waals surface area contributed by atoms with Crippen LogP contribution in [-0.4, -0.2) is 26.5 Å². The van der Waals surface area contributed by atoms with Gasteiger partial charge in [-0.2, -0.15) is 0 Å². The van der Waals surface area contributed by atoms with Gasteiger partial charge in [0.25, 0.3) is 0 Å².